The van der Waals surface area contributed by atoms with Gasteiger partial charge < -0.3 is 4.90 Å². The summed E-state index contributed by atoms with van der Waals surface area (Å²) in [6.45, 7) is 9.45. The van der Waals surface area contributed by atoms with Gasteiger partial charge in [-0.15, -0.1) is 0 Å². The highest BCUT2D eigenvalue weighted by Gasteiger charge is 2.45. The van der Waals surface area contributed by atoms with Crippen molar-refractivity contribution in [2.75, 3.05) is 11.9 Å². The number of allylic oxidation sites excluding steroid dienone is 4. The first-order valence-electron chi connectivity index (χ1n) is 12.4. The topological polar surface area (TPSA) is 3.24 Å². The van der Waals surface area contributed by atoms with Crippen molar-refractivity contribution in [3.63, 3.8) is 0 Å². The summed E-state index contributed by atoms with van der Waals surface area (Å²) in [7, 11) is 2.24. The Kier molecular flexibility index (Phi) is 4.49. The molecule has 3 atom stereocenters. The lowest BCUT2D eigenvalue weighted by molar-refractivity contribution is 0.394. The van der Waals surface area contributed by atoms with E-state index in [1.54, 1.807) is 0 Å². The van der Waals surface area contributed by atoms with Gasteiger partial charge in [0.25, 0.3) is 0 Å². The molecule has 166 valence electrons. The van der Waals surface area contributed by atoms with Crippen LogP contribution < -0.4 is 4.90 Å². The minimum Gasteiger partial charge on any atom is -0.344 e. The molecule has 0 aromatic heterocycles. The fourth-order valence-corrected chi connectivity index (χ4v) is 6.39. The van der Waals surface area contributed by atoms with E-state index in [2.05, 4.69) is 119 Å². The van der Waals surface area contributed by atoms with Crippen LogP contribution in [0.4, 0.5) is 11.4 Å². The Hall–Kier alpha value is -3.06. The van der Waals surface area contributed by atoms with E-state index >= 15 is 0 Å². The third kappa shape index (κ3) is 2.84. The number of anilines is 2. The van der Waals surface area contributed by atoms with E-state index in [4.69, 9.17) is 0 Å². The first-order chi connectivity index (χ1) is 15.9. The SMILES string of the molecule is CCC(C)c1ccc2c(c1)-c1ccccc1-c1cc3c(cc1N2C)C1C=CC=CC1C3(C)C. The van der Waals surface area contributed by atoms with Crippen LogP contribution >= 0.6 is 0 Å². The van der Waals surface area contributed by atoms with E-state index in [1.807, 2.05) is 0 Å². The number of rotatable bonds is 2. The van der Waals surface area contributed by atoms with Crippen molar-refractivity contribution in [2.24, 2.45) is 5.92 Å². The summed E-state index contributed by atoms with van der Waals surface area (Å²) in [6.07, 6.45) is 10.4. The molecular weight excluding hydrogens is 398 g/mol. The lowest BCUT2D eigenvalue weighted by Crippen LogP contribution is -2.24. The Bertz CT molecular complexity index is 1320. The number of benzene rings is 3. The molecule has 1 nitrogen and oxygen atoms in total. The van der Waals surface area contributed by atoms with Gasteiger partial charge in [-0.1, -0.05) is 82.3 Å². The highest BCUT2D eigenvalue weighted by atomic mass is 15.1. The Balaban J connectivity index is 1.63. The molecular formula is C32H33N. The third-order valence-corrected chi connectivity index (χ3v) is 8.62. The van der Waals surface area contributed by atoms with Crippen LogP contribution in [-0.2, 0) is 5.41 Å². The van der Waals surface area contributed by atoms with Crippen LogP contribution in [0.2, 0.25) is 0 Å². The van der Waals surface area contributed by atoms with Crippen LogP contribution in [0.3, 0.4) is 0 Å². The fraction of sp³-hybridized carbons (Fsp3) is 0.312. The maximum absolute atomic E-state index is 2.52. The summed E-state index contributed by atoms with van der Waals surface area (Å²) in [6, 6.07) is 21.1. The van der Waals surface area contributed by atoms with Crippen molar-refractivity contribution in [1.29, 1.82) is 0 Å². The minimum absolute atomic E-state index is 0.118. The molecule has 3 unspecified atom stereocenters. The van der Waals surface area contributed by atoms with Crippen LogP contribution in [-0.4, -0.2) is 7.05 Å². The minimum atomic E-state index is 0.118. The maximum atomic E-state index is 2.52. The van der Waals surface area contributed by atoms with Crippen molar-refractivity contribution < 1.29 is 0 Å². The molecule has 0 spiro atoms. The van der Waals surface area contributed by atoms with E-state index in [1.165, 1.54) is 50.3 Å². The standard InChI is InChI=1S/C32H33N/c1-6-20(2)21-15-16-30-26(17-21)22-11-7-8-12-23(22)27-18-29-25(19-31(27)33(30)5)24-13-9-10-14-28(24)32(29,3)4/h7-20,24,28H,6H2,1-5H3. The summed E-state index contributed by atoms with van der Waals surface area (Å²) in [4.78, 5) is 2.42. The van der Waals surface area contributed by atoms with E-state index in [9.17, 15) is 0 Å². The van der Waals surface area contributed by atoms with Crippen LogP contribution in [0, 0.1) is 5.92 Å². The average Bonchev–Trinajstić information content (AvgIpc) is 3.02. The molecule has 1 heterocycles. The second-order valence-corrected chi connectivity index (χ2v) is 10.7. The average molecular weight is 432 g/mol. The molecule has 0 bridgehead atoms. The lowest BCUT2D eigenvalue weighted by atomic mass is 9.74. The molecule has 6 rings (SSSR count). The second kappa shape index (κ2) is 7.22. The van der Waals surface area contributed by atoms with Gasteiger partial charge in [-0.3, -0.25) is 0 Å². The van der Waals surface area contributed by atoms with Crippen molar-refractivity contribution in [3.8, 4) is 22.3 Å². The van der Waals surface area contributed by atoms with Gasteiger partial charge >= 0.3 is 0 Å². The Morgan fingerprint density at radius 2 is 1.55 bits per heavy atom. The van der Waals surface area contributed by atoms with Crippen molar-refractivity contribution >= 4 is 11.4 Å². The molecule has 3 aliphatic rings. The Labute approximate surface area is 198 Å². The predicted octanol–water partition coefficient (Wildman–Crippen LogP) is 8.73. The molecule has 1 heteroatoms. The highest BCUT2D eigenvalue weighted by molar-refractivity contribution is 6.00. The third-order valence-electron chi connectivity index (χ3n) is 8.62. The van der Waals surface area contributed by atoms with Gasteiger partial charge in [0, 0.05) is 35.5 Å². The van der Waals surface area contributed by atoms with Crippen molar-refractivity contribution in [3.05, 3.63) is 95.6 Å². The molecule has 0 N–H and O–H groups in total. The fourth-order valence-electron chi connectivity index (χ4n) is 6.39. The van der Waals surface area contributed by atoms with Gasteiger partial charge in [-0.25, -0.2) is 0 Å². The summed E-state index contributed by atoms with van der Waals surface area (Å²) in [5, 5.41) is 0. The van der Waals surface area contributed by atoms with Crippen LogP contribution in [0.15, 0.2) is 78.9 Å². The van der Waals surface area contributed by atoms with E-state index < -0.39 is 0 Å². The zero-order chi connectivity index (χ0) is 22.9. The Morgan fingerprint density at radius 3 is 2.27 bits per heavy atom. The molecule has 0 amide bonds. The quantitative estimate of drug-likeness (QED) is 0.392. The number of fused-ring (bicyclic) bond motifs is 8. The summed E-state index contributed by atoms with van der Waals surface area (Å²) < 4.78 is 0. The first kappa shape index (κ1) is 20.5. The molecule has 3 aromatic carbocycles. The predicted molar refractivity (Wildman–Crippen MR) is 142 cm³/mol. The largest absolute Gasteiger partial charge is 0.344 e. The van der Waals surface area contributed by atoms with E-state index in [0.717, 1.165) is 6.42 Å². The molecule has 0 saturated heterocycles. The molecule has 33 heavy (non-hydrogen) atoms. The summed E-state index contributed by atoms with van der Waals surface area (Å²) in [5.41, 5.74) is 12.5. The summed E-state index contributed by atoms with van der Waals surface area (Å²) >= 11 is 0. The molecule has 2 aliphatic carbocycles. The monoisotopic (exact) mass is 431 g/mol. The van der Waals surface area contributed by atoms with Crippen molar-refractivity contribution in [1.82, 2.24) is 0 Å². The van der Waals surface area contributed by atoms with Crippen molar-refractivity contribution in [2.45, 2.75) is 51.4 Å². The zero-order valence-corrected chi connectivity index (χ0v) is 20.4. The number of nitrogens with zero attached hydrogens (tertiary/aromatic N) is 1. The van der Waals surface area contributed by atoms with Gasteiger partial charge in [0.1, 0.15) is 0 Å². The normalized spacial score (nSPS) is 22.0. The first-order valence-corrected chi connectivity index (χ1v) is 12.4. The zero-order valence-electron chi connectivity index (χ0n) is 20.4. The highest BCUT2D eigenvalue weighted by Crippen LogP contribution is 2.57. The van der Waals surface area contributed by atoms with Crippen LogP contribution in [0.5, 0.6) is 0 Å². The molecule has 1 aliphatic heterocycles. The smallest absolute Gasteiger partial charge is 0.0491 e. The number of hydrogen-bond donors (Lipinski definition) is 0. The van der Waals surface area contributed by atoms with Gasteiger partial charge in [0.2, 0.25) is 0 Å². The molecule has 0 saturated carbocycles. The van der Waals surface area contributed by atoms with Gasteiger partial charge in [0.15, 0.2) is 0 Å². The van der Waals surface area contributed by atoms with Crippen LogP contribution in [0.25, 0.3) is 22.3 Å². The maximum Gasteiger partial charge on any atom is 0.0491 e. The van der Waals surface area contributed by atoms with Gasteiger partial charge in [-0.05, 0) is 75.8 Å². The molecule has 0 radical (unpaired) electrons. The molecule has 0 fully saturated rings. The van der Waals surface area contributed by atoms with E-state index in [-0.39, 0.29) is 5.41 Å². The van der Waals surface area contributed by atoms with Crippen LogP contribution in [0.1, 0.15) is 62.6 Å². The number of hydrogen-bond acceptors (Lipinski definition) is 1. The Morgan fingerprint density at radius 1 is 0.848 bits per heavy atom. The van der Waals surface area contributed by atoms with Gasteiger partial charge in [0.05, 0.1) is 0 Å². The second-order valence-electron chi connectivity index (χ2n) is 10.7. The summed E-state index contributed by atoms with van der Waals surface area (Å²) in [5.74, 6) is 1.55. The molecule has 3 aromatic rings. The lowest BCUT2D eigenvalue weighted by Gasteiger charge is -2.29. The van der Waals surface area contributed by atoms with E-state index in [0.29, 0.717) is 17.8 Å². The van der Waals surface area contributed by atoms with Gasteiger partial charge in [-0.2, -0.15) is 0 Å².